The predicted octanol–water partition coefficient (Wildman–Crippen LogP) is 0.211. The van der Waals surface area contributed by atoms with Crippen molar-refractivity contribution < 1.29 is 14.6 Å². The Bertz CT molecular complexity index is 392. The summed E-state index contributed by atoms with van der Waals surface area (Å²) < 4.78 is 6.79. The molecule has 0 saturated carbocycles. The van der Waals surface area contributed by atoms with E-state index in [-0.39, 0.29) is 12.0 Å². The highest BCUT2D eigenvalue weighted by Crippen LogP contribution is 2.30. The predicted molar refractivity (Wildman–Crippen MR) is 52.9 cm³/mol. The van der Waals surface area contributed by atoms with Crippen molar-refractivity contribution in [3.63, 3.8) is 0 Å². The average Bonchev–Trinajstić information content (AvgIpc) is 2.84. The quantitative estimate of drug-likeness (QED) is 0.792. The molecule has 1 aromatic heterocycles. The lowest BCUT2D eigenvalue weighted by Gasteiger charge is -2.15. The van der Waals surface area contributed by atoms with Gasteiger partial charge in [-0.1, -0.05) is 0 Å². The number of tetrazole rings is 1. The van der Waals surface area contributed by atoms with Crippen molar-refractivity contribution in [1.82, 2.24) is 20.2 Å². The van der Waals surface area contributed by atoms with Crippen molar-refractivity contribution in [2.45, 2.75) is 38.3 Å². The third-order valence-corrected chi connectivity index (χ3v) is 2.95. The number of rotatable bonds is 3. The van der Waals surface area contributed by atoms with Crippen LogP contribution in [0.1, 0.15) is 38.1 Å². The van der Waals surface area contributed by atoms with Gasteiger partial charge in [-0.05, 0) is 30.7 Å². The fourth-order valence-corrected chi connectivity index (χ4v) is 1.90. The molecule has 0 aliphatic carbocycles. The number of aromatic nitrogens is 4. The second kappa shape index (κ2) is 4.17. The van der Waals surface area contributed by atoms with Gasteiger partial charge in [-0.25, -0.2) is 9.48 Å². The molecule has 1 N–H and O–H groups in total. The molecule has 16 heavy (non-hydrogen) atoms. The van der Waals surface area contributed by atoms with Crippen LogP contribution < -0.4 is 0 Å². The number of nitrogens with zero attached hydrogens (tertiary/aromatic N) is 4. The van der Waals surface area contributed by atoms with Gasteiger partial charge in [0.2, 0.25) is 0 Å². The number of aliphatic carboxylic acids is 1. The smallest absolute Gasteiger partial charge is 0.328 e. The lowest BCUT2D eigenvalue weighted by molar-refractivity contribution is -0.140. The molecular formula is C9H14N4O3. The largest absolute Gasteiger partial charge is 0.480 e. The van der Waals surface area contributed by atoms with Crippen LogP contribution in [0.2, 0.25) is 0 Å². The number of hydrogen-bond donors (Lipinski definition) is 1. The summed E-state index contributed by atoms with van der Waals surface area (Å²) in [6.45, 7) is 4.17. The maximum Gasteiger partial charge on any atom is 0.328 e. The molecule has 2 heterocycles. The van der Waals surface area contributed by atoms with Crippen LogP contribution in [0.15, 0.2) is 0 Å². The molecule has 0 aromatic carbocycles. The third kappa shape index (κ3) is 1.78. The first-order chi connectivity index (χ1) is 7.61. The van der Waals surface area contributed by atoms with Crippen LogP contribution in [-0.2, 0) is 9.53 Å². The summed E-state index contributed by atoms with van der Waals surface area (Å²) in [5, 5.41) is 20.1. The van der Waals surface area contributed by atoms with Gasteiger partial charge >= 0.3 is 5.97 Å². The Labute approximate surface area is 92.4 Å². The zero-order chi connectivity index (χ0) is 11.7. The Balaban J connectivity index is 2.28. The van der Waals surface area contributed by atoms with Crippen LogP contribution in [0.25, 0.3) is 0 Å². The van der Waals surface area contributed by atoms with Crippen LogP contribution >= 0.6 is 0 Å². The van der Waals surface area contributed by atoms with E-state index in [1.165, 1.54) is 4.68 Å². The highest BCUT2D eigenvalue weighted by atomic mass is 16.5. The Morgan fingerprint density at radius 1 is 1.69 bits per heavy atom. The normalized spacial score (nSPS) is 26.9. The van der Waals surface area contributed by atoms with Crippen LogP contribution in [0.4, 0.5) is 0 Å². The van der Waals surface area contributed by atoms with Gasteiger partial charge < -0.3 is 9.84 Å². The molecule has 7 heteroatoms. The zero-order valence-corrected chi connectivity index (χ0v) is 9.20. The van der Waals surface area contributed by atoms with Gasteiger partial charge in [0.05, 0.1) is 6.10 Å². The molecule has 1 fully saturated rings. The fourth-order valence-electron chi connectivity index (χ4n) is 1.90. The van der Waals surface area contributed by atoms with Crippen molar-refractivity contribution in [3.8, 4) is 0 Å². The third-order valence-electron chi connectivity index (χ3n) is 2.95. The molecule has 0 radical (unpaired) electrons. The van der Waals surface area contributed by atoms with Crippen molar-refractivity contribution in [2.75, 3.05) is 6.61 Å². The number of hydrogen-bond acceptors (Lipinski definition) is 5. The van der Waals surface area contributed by atoms with E-state index in [2.05, 4.69) is 15.5 Å². The summed E-state index contributed by atoms with van der Waals surface area (Å²) in [6.07, 6.45) is 0.860. The molecule has 1 aliphatic rings. The van der Waals surface area contributed by atoms with Gasteiger partial charge in [0, 0.05) is 12.5 Å². The maximum atomic E-state index is 10.9. The van der Waals surface area contributed by atoms with Gasteiger partial charge in [-0.3, -0.25) is 0 Å². The van der Waals surface area contributed by atoms with E-state index in [1.807, 2.05) is 6.92 Å². The average molecular weight is 226 g/mol. The molecule has 1 aliphatic heterocycles. The van der Waals surface area contributed by atoms with E-state index >= 15 is 0 Å². The minimum Gasteiger partial charge on any atom is -0.480 e. The molecule has 7 nitrogen and oxygen atoms in total. The van der Waals surface area contributed by atoms with Crippen LogP contribution in [0, 0.1) is 0 Å². The van der Waals surface area contributed by atoms with Gasteiger partial charge in [0.25, 0.3) is 0 Å². The number of carbonyl (C=O) groups is 1. The van der Waals surface area contributed by atoms with Crippen LogP contribution in [0.5, 0.6) is 0 Å². The van der Waals surface area contributed by atoms with E-state index in [4.69, 9.17) is 9.84 Å². The maximum absolute atomic E-state index is 10.9. The summed E-state index contributed by atoms with van der Waals surface area (Å²) in [7, 11) is 0. The fraction of sp³-hybridized carbons (Fsp3) is 0.778. The van der Waals surface area contributed by atoms with E-state index in [0.717, 1.165) is 6.42 Å². The van der Waals surface area contributed by atoms with Crippen LogP contribution in [-0.4, -0.2) is 44.0 Å². The molecule has 1 aromatic rings. The summed E-state index contributed by atoms with van der Waals surface area (Å²) in [5.74, 6) is -0.267. The number of carboxylic acid groups (broad SMARTS) is 1. The lowest BCUT2D eigenvalue weighted by atomic mass is 10.0. The molecular weight excluding hydrogens is 212 g/mol. The molecule has 3 atom stereocenters. The van der Waals surface area contributed by atoms with Gasteiger partial charge in [0.15, 0.2) is 5.82 Å². The molecule has 2 rings (SSSR count). The lowest BCUT2D eigenvalue weighted by Crippen LogP contribution is -2.23. The van der Waals surface area contributed by atoms with Gasteiger partial charge in [-0.2, -0.15) is 0 Å². The molecule has 0 amide bonds. The molecule has 1 saturated heterocycles. The second-order valence-corrected chi connectivity index (χ2v) is 3.97. The SMILES string of the molecule is CC1OCCC1c1nnnn1C(C)C(=O)O. The Morgan fingerprint density at radius 2 is 2.44 bits per heavy atom. The Morgan fingerprint density at radius 3 is 3.00 bits per heavy atom. The minimum atomic E-state index is -0.944. The number of carboxylic acids is 1. The van der Waals surface area contributed by atoms with E-state index < -0.39 is 12.0 Å². The van der Waals surface area contributed by atoms with Crippen molar-refractivity contribution >= 4 is 5.97 Å². The highest BCUT2D eigenvalue weighted by molar-refractivity contribution is 5.71. The van der Waals surface area contributed by atoms with E-state index in [0.29, 0.717) is 12.4 Å². The first-order valence-corrected chi connectivity index (χ1v) is 5.23. The zero-order valence-electron chi connectivity index (χ0n) is 9.20. The van der Waals surface area contributed by atoms with Crippen molar-refractivity contribution in [2.24, 2.45) is 0 Å². The molecule has 88 valence electrons. The summed E-state index contributed by atoms with van der Waals surface area (Å²) in [4.78, 5) is 10.9. The van der Waals surface area contributed by atoms with E-state index in [9.17, 15) is 4.79 Å². The topological polar surface area (TPSA) is 90.1 Å². The Hall–Kier alpha value is -1.50. The molecule has 0 bridgehead atoms. The minimum absolute atomic E-state index is 0.0331. The van der Waals surface area contributed by atoms with Crippen molar-refractivity contribution in [3.05, 3.63) is 5.82 Å². The van der Waals surface area contributed by atoms with Crippen LogP contribution in [0.3, 0.4) is 0 Å². The van der Waals surface area contributed by atoms with E-state index in [1.54, 1.807) is 6.92 Å². The molecule has 0 spiro atoms. The first-order valence-electron chi connectivity index (χ1n) is 5.23. The molecule has 3 unspecified atom stereocenters. The monoisotopic (exact) mass is 226 g/mol. The summed E-state index contributed by atoms with van der Waals surface area (Å²) in [6, 6.07) is -0.752. The Kier molecular flexibility index (Phi) is 2.86. The number of ether oxygens (including phenoxy) is 1. The highest BCUT2D eigenvalue weighted by Gasteiger charge is 2.32. The van der Waals surface area contributed by atoms with Crippen molar-refractivity contribution in [1.29, 1.82) is 0 Å². The summed E-state index contributed by atoms with van der Waals surface area (Å²) in [5.41, 5.74) is 0. The standard InChI is InChI=1S/C9H14N4O3/c1-5(9(14)15)13-8(10-11-12-13)7-3-4-16-6(7)2/h5-7H,3-4H2,1-2H3,(H,14,15). The second-order valence-electron chi connectivity index (χ2n) is 3.97. The first kappa shape index (κ1) is 11.0. The van der Waals surface area contributed by atoms with Gasteiger partial charge in [-0.15, -0.1) is 5.10 Å². The van der Waals surface area contributed by atoms with Gasteiger partial charge in [0.1, 0.15) is 6.04 Å². The summed E-state index contributed by atoms with van der Waals surface area (Å²) >= 11 is 0.